The summed E-state index contributed by atoms with van der Waals surface area (Å²) in [6.45, 7) is 7.71. The lowest BCUT2D eigenvalue weighted by molar-refractivity contribution is -0.138. The van der Waals surface area contributed by atoms with E-state index in [2.05, 4.69) is 25.9 Å². The van der Waals surface area contributed by atoms with Crippen molar-refractivity contribution in [2.24, 2.45) is 0 Å². The van der Waals surface area contributed by atoms with Crippen molar-refractivity contribution >= 4 is 50.3 Å². The van der Waals surface area contributed by atoms with Crippen molar-refractivity contribution in [2.75, 3.05) is 18.5 Å². The summed E-state index contributed by atoms with van der Waals surface area (Å²) in [5, 5.41) is 0.154. The predicted molar refractivity (Wildman–Crippen MR) is 116 cm³/mol. The number of amides is 1. The van der Waals surface area contributed by atoms with Gasteiger partial charge in [-0.3, -0.25) is 0 Å². The highest BCUT2D eigenvalue weighted by Crippen LogP contribution is 2.40. The molecule has 0 bridgehead atoms. The highest BCUT2D eigenvalue weighted by atomic mass is 79.9. The normalized spacial score (nSPS) is 19.7. The first kappa shape index (κ1) is 23.8. The van der Waals surface area contributed by atoms with Gasteiger partial charge in [0.15, 0.2) is 0 Å². The zero-order valence-corrected chi connectivity index (χ0v) is 20.1. The average molecular weight is 524 g/mol. The molecule has 1 aliphatic rings. The quantitative estimate of drug-likeness (QED) is 0.459. The highest BCUT2D eigenvalue weighted by molar-refractivity contribution is 9.10. The van der Waals surface area contributed by atoms with Crippen molar-refractivity contribution in [3.63, 3.8) is 0 Å². The van der Waals surface area contributed by atoms with Crippen LogP contribution in [0.4, 0.5) is 23.8 Å². The molecule has 0 spiro atoms. The average Bonchev–Trinajstić information content (AvgIpc) is 2.98. The number of hydrogen-bond donors (Lipinski definition) is 0. The molecule has 1 amide bonds. The van der Waals surface area contributed by atoms with E-state index < -0.39 is 23.4 Å². The van der Waals surface area contributed by atoms with Gasteiger partial charge in [0, 0.05) is 23.5 Å². The van der Waals surface area contributed by atoms with E-state index in [1.54, 1.807) is 37.6 Å². The molecule has 0 radical (unpaired) electrons. The van der Waals surface area contributed by atoms with Crippen molar-refractivity contribution < 1.29 is 22.7 Å². The summed E-state index contributed by atoms with van der Waals surface area (Å²) < 4.78 is 45.7. The van der Waals surface area contributed by atoms with Crippen molar-refractivity contribution in [2.45, 2.75) is 58.0 Å². The summed E-state index contributed by atoms with van der Waals surface area (Å²) in [5.74, 6) is 0.274. The van der Waals surface area contributed by atoms with Gasteiger partial charge in [0.25, 0.3) is 0 Å². The number of aromatic nitrogens is 2. The highest BCUT2D eigenvalue weighted by Gasteiger charge is 2.39. The number of rotatable bonds is 2. The largest absolute Gasteiger partial charge is 0.444 e. The minimum Gasteiger partial charge on any atom is -0.444 e. The number of likely N-dealkylation sites (N-methyl/N-ethyl adjacent to an activating group) is 1. The number of fused-ring (bicyclic) bond motifs is 1. The molecule has 31 heavy (non-hydrogen) atoms. The molecule has 2 atom stereocenters. The fraction of sp³-hybridized carbons (Fsp3) is 0.550. The molecule has 6 nitrogen and oxygen atoms in total. The van der Waals surface area contributed by atoms with Crippen LogP contribution in [0.3, 0.4) is 0 Å². The van der Waals surface area contributed by atoms with E-state index in [1.807, 2.05) is 6.92 Å². The van der Waals surface area contributed by atoms with E-state index in [4.69, 9.17) is 16.3 Å². The summed E-state index contributed by atoms with van der Waals surface area (Å²) in [6, 6.07) is 1.86. The molecule has 1 unspecified atom stereocenters. The lowest BCUT2D eigenvalue weighted by Crippen LogP contribution is -2.45. The maximum absolute atomic E-state index is 13.5. The summed E-state index contributed by atoms with van der Waals surface area (Å²) >= 11 is 9.04. The Morgan fingerprint density at radius 3 is 2.52 bits per heavy atom. The molecule has 1 saturated heterocycles. The van der Waals surface area contributed by atoms with Gasteiger partial charge >= 0.3 is 12.3 Å². The van der Waals surface area contributed by atoms with Crippen molar-refractivity contribution in [1.82, 2.24) is 14.9 Å². The Hall–Kier alpha value is -1.81. The number of hydrogen-bond acceptors (Lipinski definition) is 5. The maximum atomic E-state index is 13.5. The Bertz CT molecular complexity index is 1010. The molecule has 1 fully saturated rings. The number of benzene rings is 1. The zero-order chi connectivity index (χ0) is 23.3. The molecule has 0 saturated carbocycles. The van der Waals surface area contributed by atoms with Crippen LogP contribution < -0.4 is 4.90 Å². The predicted octanol–water partition coefficient (Wildman–Crippen LogP) is 5.90. The SMILES string of the molecule is C[C@@H]1C(N(C)c2nc(Cl)nc3cc(Br)c(C(F)(F)F)cc23)CCN1C(=O)OC(C)(C)C. The second kappa shape index (κ2) is 8.27. The minimum absolute atomic E-state index is 0.0735. The lowest BCUT2D eigenvalue weighted by atomic mass is 10.1. The van der Waals surface area contributed by atoms with Crippen molar-refractivity contribution in [3.05, 3.63) is 27.5 Å². The number of anilines is 1. The van der Waals surface area contributed by atoms with Gasteiger partial charge in [-0.05, 0) is 57.8 Å². The number of halogens is 5. The van der Waals surface area contributed by atoms with E-state index >= 15 is 0 Å². The first-order chi connectivity index (χ1) is 14.2. The number of nitrogens with zero attached hydrogens (tertiary/aromatic N) is 4. The van der Waals surface area contributed by atoms with E-state index in [0.717, 1.165) is 6.07 Å². The molecule has 2 heterocycles. The van der Waals surface area contributed by atoms with E-state index in [9.17, 15) is 18.0 Å². The summed E-state index contributed by atoms with van der Waals surface area (Å²) in [4.78, 5) is 24.2. The number of carbonyl (C=O) groups is 1. The third kappa shape index (κ3) is 5.00. The van der Waals surface area contributed by atoms with Crippen LogP contribution >= 0.6 is 27.5 Å². The van der Waals surface area contributed by atoms with Gasteiger partial charge in [-0.25, -0.2) is 9.78 Å². The van der Waals surface area contributed by atoms with Crippen LogP contribution in [0.15, 0.2) is 16.6 Å². The number of ether oxygens (including phenoxy) is 1. The molecule has 0 N–H and O–H groups in total. The van der Waals surface area contributed by atoms with Crippen LogP contribution in [-0.4, -0.2) is 52.2 Å². The Balaban J connectivity index is 1.99. The molecule has 3 rings (SSSR count). The van der Waals surface area contributed by atoms with Crippen LogP contribution in [0.5, 0.6) is 0 Å². The van der Waals surface area contributed by atoms with Gasteiger partial charge < -0.3 is 14.5 Å². The Morgan fingerprint density at radius 1 is 1.29 bits per heavy atom. The molecule has 11 heteroatoms. The van der Waals surface area contributed by atoms with Gasteiger partial charge in [0.2, 0.25) is 5.28 Å². The summed E-state index contributed by atoms with van der Waals surface area (Å²) in [5.41, 5.74) is -1.16. The third-order valence-corrected chi connectivity index (χ3v) is 6.04. The van der Waals surface area contributed by atoms with Gasteiger partial charge in [-0.15, -0.1) is 0 Å². The van der Waals surface area contributed by atoms with Crippen molar-refractivity contribution in [1.29, 1.82) is 0 Å². The molecular weight excluding hydrogens is 501 g/mol. The van der Waals surface area contributed by atoms with Crippen LogP contribution in [0.25, 0.3) is 10.9 Å². The molecule has 2 aromatic rings. The van der Waals surface area contributed by atoms with Gasteiger partial charge in [0.1, 0.15) is 11.4 Å². The van der Waals surface area contributed by atoms with Crippen LogP contribution in [0, 0.1) is 0 Å². The maximum Gasteiger partial charge on any atom is 0.417 e. The number of likely N-dealkylation sites (tertiary alicyclic amines) is 1. The Kier molecular flexibility index (Phi) is 6.36. The van der Waals surface area contributed by atoms with Crippen LogP contribution in [0.2, 0.25) is 5.28 Å². The summed E-state index contributed by atoms with van der Waals surface area (Å²) in [6.07, 6.45) is -4.37. The van der Waals surface area contributed by atoms with E-state index in [0.29, 0.717) is 13.0 Å². The summed E-state index contributed by atoms with van der Waals surface area (Å²) in [7, 11) is 1.73. The molecule has 1 aliphatic heterocycles. The Morgan fingerprint density at radius 2 is 1.94 bits per heavy atom. The van der Waals surface area contributed by atoms with Crippen LogP contribution in [-0.2, 0) is 10.9 Å². The van der Waals surface area contributed by atoms with E-state index in [1.165, 1.54) is 6.07 Å². The molecule has 170 valence electrons. The zero-order valence-electron chi connectivity index (χ0n) is 17.7. The first-order valence-corrected chi connectivity index (χ1v) is 10.8. The third-order valence-electron chi connectivity index (χ3n) is 5.22. The topological polar surface area (TPSA) is 58.6 Å². The second-order valence-corrected chi connectivity index (χ2v) is 9.74. The minimum atomic E-state index is -4.54. The molecule has 1 aromatic carbocycles. The molecule has 0 aliphatic carbocycles. The number of carbonyl (C=O) groups excluding carboxylic acids is 1. The van der Waals surface area contributed by atoms with Crippen LogP contribution in [0.1, 0.15) is 39.7 Å². The smallest absolute Gasteiger partial charge is 0.417 e. The molecule has 1 aromatic heterocycles. The van der Waals surface area contributed by atoms with E-state index in [-0.39, 0.29) is 38.6 Å². The Labute approximate surface area is 191 Å². The first-order valence-electron chi connectivity index (χ1n) is 9.65. The lowest BCUT2D eigenvalue weighted by Gasteiger charge is -2.33. The fourth-order valence-electron chi connectivity index (χ4n) is 3.77. The van der Waals surface area contributed by atoms with Gasteiger partial charge in [-0.2, -0.15) is 18.2 Å². The van der Waals surface area contributed by atoms with Gasteiger partial charge in [0.05, 0.1) is 23.2 Å². The van der Waals surface area contributed by atoms with Gasteiger partial charge in [-0.1, -0.05) is 15.9 Å². The van der Waals surface area contributed by atoms with Crippen molar-refractivity contribution in [3.8, 4) is 0 Å². The molecular formula is C20H23BrClF3N4O2. The second-order valence-electron chi connectivity index (χ2n) is 8.54. The number of alkyl halides is 3. The monoisotopic (exact) mass is 522 g/mol. The fourth-order valence-corrected chi connectivity index (χ4v) is 4.50. The standard InChI is InChI=1S/C20H23BrClF3N4O2/c1-10-15(6-7-29(10)18(30)31-19(2,3)4)28(5)16-11-8-12(20(23,24)25)13(21)9-14(11)26-17(22)27-16/h8-10,15H,6-7H2,1-5H3/t10-,15?/m1/s1.